The summed E-state index contributed by atoms with van der Waals surface area (Å²) in [6, 6.07) is 6.23. The highest BCUT2D eigenvalue weighted by Gasteiger charge is 2.21. The fourth-order valence-electron chi connectivity index (χ4n) is 2.41. The number of ether oxygens (including phenoxy) is 1. The van der Waals surface area contributed by atoms with E-state index in [-0.39, 0.29) is 5.91 Å². The molecule has 1 atom stereocenters. The van der Waals surface area contributed by atoms with Gasteiger partial charge in [0.15, 0.2) is 0 Å². The quantitative estimate of drug-likeness (QED) is 0.852. The van der Waals surface area contributed by atoms with Crippen molar-refractivity contribution in [3.63, 3.8) is 0 Å². The zero-order chi connectivity index (χ0) is 14.5. The van der Waals surface area contributed by atoms with E-state index >= 15 is 0 Å². The van der Waals surface area contributed by atoms with E-state index in [2.05, 4.69) is 5.32 Å². The van der Waals surface area contributed by atoms with Crippen LogP contribution in [-0.4, -0.2) is 44.1 Å². The van der Waals surface area contributed by atoms with Crippen molar-refractivity contribution in [2.24, 2.45) is 0 Å². The minimum absolute atomic E-state index is 0.0299. The van der Waals surface area contributed by atoms with E-state index in [4.69, 9.17) is 4.74 Å². The van der Waals surface area contributed by atoms with Crippen molar-refractivity contribution in [2.45, 2.75) is 19.4 Å². The lowest BCUT2D eigenvalue weighted by molar-refractivity contribution is -0.126. The number of methoxy groups -OCH3 is 1. The second kappa shape index (κ2) is 6.57. The predicted octanol–water partition coefficient (Wildman–Crippen LogP) is 1.84. The average molecular weight is 274 g/mol. The second-order valence-corrected chi connectivity index (χ2v) is 5.17. The number of likely N-dealkylation sites (N-methyl/N-ethyl adjacent to an activating group) is 1. The number of hydrogen-bond acceptors (Lipinski definition) is 3. The fourth-order valence-corrected chi connectivity index (χ4v) is 2.41. The van der Waals surface area contributed by atoms with Crippen LogP contribution < -0.4 is 10.1 Å². The molecule has 1 aliphatic heterocycles. The van der Waals surface area contributed by atoms with Crippen molar-refractivity contribution >= 4 is 12.0 Å². The Labute approximate surface area is 120 Å². The molecule has 0 radical (unpaired) electrons. The van der Waals surface area contributed by atoms with Gasteiger partial charge in [-0.2, -0.15) is 0 Å². The normalized spacial score (nSPS) is 18.4. The third kappa shape index (κ3) is 3.39. The summed E-state index contributed by atoms with van der Waals surface area (Å²) < 4.78 is 5.31. The number of amides is 1. The fraction of sp³-hybridized carbons (Fsp3) is 0.438. The van der Waals surface area contributed by atoms with E-state index in [1.807, 2.05) is 38.2 Å². The standard InChI is InChI=1S/C16H22N2O2/c1-12-4-6-15(20-3)13(10-12)5-7-16(19)18(2)14-8-9-17-11-14/h4-7,10,14,17H,8-9,11H2,1-3H3. The Balaban J connectivity index is 2.08. The molecule has 1 aliphatic rings. The van der Waals surface area contributed by atoms with E-state index in [1.165, 1.54) is 0 Å². The molecule has 1 amide bonds. The van der Waals surface area contributed by atoms with E-state index in [0.29, 0.717) is 6.04 Å². The number of benzene rings is 1. The first-order valence-corrected chi connectivity index (χ1v) is 6.92. The van der Waals surface area contributed by atoms with E-state index in [0.717, 1.165) is 36.4 Å². The molecule has 0 aromatic heterocycles. The van der Waals surface area contributed by atoms with Crippen molar-refractivity contribution in [1.29, 1.82) is 0 Å². The van der Waals surface area contributed by atoms with Crippen LogP contribution in [0, 0.1) is 6.92 Å². The average Bonchev–Trinajstić information content (AvgIpc) is 2.98. The molecule has 1 fully saturated rings. The number of carbonyl (C=O) groups is 1. The molecule has 1 saturated heterocycles. The summed E-state index contributed by atoms with van der Waals surface area (Å²) in [5.41, 5.74) is 2.07. The zero-order valence-electron chi connectivity index (χ0n) is 12.3. The minimum Gasteiger partial charge on any atom is -0.496 e. The van der Waals surface area contributed by atoms with Gasteiger partial charge in [-0.05, 0) is 38.1 Å². The molecule has 1 aromatic carbocycles. The number of aryl methyl sites for hydroxylation is 1. The van der Waals surface area contributed by atoms with E-state index < -0.39 is 0 Å². The molecule has 20 heavy (non-hydrogen) atoms. The number of hydrogen-bond donors (Lipinski definition) is 1. The van der Waals surface area contributed by atoms with Crippen LogP contribution in [0.3, 0.4) is 0 Å². The molecular weight excluding hydrogens is 252 g/mol. The minimum atomic E-state index is 0.0299. The van der Waals surface area contributed by atoms with Gasteiger partial charge in [-0.3, -0.25) is 4.79 Å². The molecule has 1 N–H and O–H groups in total. The molecule has 0 bridgehead atoms. The molecule has 2 rings (SSSR count). The molecule has 4 heteroatoms. The van der Waals surface area contributed by atoms with Crippen LogP contribution >= 0.6 is 0 Å². The van der Waals surface area contributed by atoms with Crippen LogP contribution in [0.2, 0.25) is 0 Å². The maximum Gasteiger partial charge on any atom is 0.246 e. The number of nitrogens with one attached hydrogen (secondary N) is 1. The van der Waals surface area contributed by atoms with Gasteiger partial charge in [0.25, 0.3) is 0 Å². The first kappa shape index (κ1) is 14.6. The number of rotatable bonds is 4. The Hall–Kier alpha value is -1.81. The van der Waals surface area contributed by atoms with Crippen molar-refractivity contribution < 1.29 is 9.53 Å². The van der Waals surface area contributed by atoms with Crippen molar-refractivity contribution in [2.75, 3.05) is 27.2 Å². The summed E-state index contributed by atoms with van der Waals surface area (Å²) in [6.07, 6.45) is 4.46. The Morgan fingerprint density at radius 1 is 1.50 bits per heavy atom. The second-order valence-electron chi connectivity index (χ2n) is 5.17. The lowest BCUT2D eigenvalue weighted by atomic mass is 10.1. The van der Waals surface area contributed by atoms with Crippen LogP contribution in [0.25, 0.3) is 6.08 Å². The molecule has 1 aromatic rings. The monoisotopic (exact) mass is 274 g/mol. The molecule has 108 valence electrons. The van der Waals surface area contributed by atoms with Crippen molar-refractivity contribution in [3.8, 4) is 5.75 Å². The van der Waals surface area contributed by atoms with E-state index in [1.54, 1.807) is 18.1 Å². The molecule has 0 spiro atoms. The first-order valence-electron chi connectivity index (χ1n) is 6.92. The molecule has 0 saturated carbocycles. The van der Waals surface area contributed by atoms with E-state index in [9.17, 15) is 4.79 Å². The Bertz CT molecular complexity index is 505. The molecule has 1 unspecified atom stereocenters. The molecule has 1 heterocycles. The molecular formula is C16H22N2O2. The Morgan fingerprint density at radius 2 is 2.30 bits per heavy atom. The summed E-state index contributed by atoms with van der Waals surface area (Å²) in [6.45, 7) is 3.89. The summed E-state index contributed by atoms with van der Waals surface area (Å²) in [4.78, 5) is 14.0. The lowest BCUT2D eigenvalue weighted by Gasteiger charge is -2.22. The SMILES string of the molecule is COc1ccc(C)cc1C=CC(=O)N(C)C1CCNC1. The third-order valence-corrected chi connectivity index (χ3v) is 3.72. The van der Waals surface area contributed by atoms with Crippen LogP contribution in [0.5, 0.6) is 5.75 Å². The van der Waals surface area contributed by atoms with Gasteiger partial charge < -0.3 is 15.0 Å². The smallest absolute Gasteiger partial charge is 0.246 e. The highest BCUT2D eigenvalue weighted by molar-refractivity contribution is 5.92. The highest BCUT2D eigenvalue weighted by Crippen LogP contribution is 2.21. The zero-order valence-corrected chi connectivity index (χ0v) is 12.3. The summed E-state index contributed by atoms with van der Waals surface area (Å²) in [7, 11) is 3.50. The first-order chi connectivity index (χ1) is 9.61. The van der Waals surface area contributed by atoms with Gasteiger partial charge in [0.05, 0.1) is 7.11 Å². The molecule has 4 nitrogen and oxygen atoms in total. The number of carbonyl (C=O) groups excluding carboxylic acids is 1. The van der Waals surface area contributed by atoms with Crippen LogP contribution in [-0.2, 0) is 4.79 Å². The van der Waals surface area contributed by atoms with Gasteiger partial charge in [0.2, 0.25) is 5.91 Å². The van der Waals surface area contributed by atoms with Gasteiger partial charge in [0, 0.05) is 31.3 Å². The van der Waals surface area contributed by atoms with Crippen molar-refractivity contribution in [1.82, 2.24) is 10.2 Å². The summed E-state index contributed by atoms with van der Waals surface area (Å²) in [5.74, 6) is 0.812. The molecule has 0 aliphatic carbocycles. The van der Waals surface area contributed by atoms with Gasteiger partial charge in [0.1, 0.15) is 5.75 Å². The van der Waals surface area contributed by atoms with Crippen LogP contribution in [0.4, 0.5) is 0 Å². The maximum atomic E-state index is 12.2. The highest BCUT2D eigenvalue weighted by atomic mass is 16.5. The summed E-state index contributed by atoms with van der Waals surface area (Å²) >= 11 is 0. The van der Waals surface area contributed by atoms with Crippen LogP contribution in [0.15, 0.2) is 24.3 Å². The van der Waals surface area contributed by atoms with Crippen molar-refractivity contribution in [3.05, 3.63) is 35.4 Å². The van der Waals surface area contributed by atoms with Gasteiger partial charge in [-0.1, -0.05) is 11.6 Å². The van der Waals surface area contributed by atoms with Gasteiger partial charge >= 0.3 is 0 Å². The lowest BCUT2D eigenvalue weighted by Crippen LogP contribution is -2.37. The van der Waals surface area contributed by atoms with Gasteiger partial charge in [-0.15, -0.1) is 0 Å². The Kier molecular flexibility index (Phi) is 4.79. The third-order valence-electron chi connectivity index (χ3n) is 3.72. The van der Waals surface area contributed by atoms with Crippen LogP contribution in [0.1, 0.15) is 17.5 Å². The maximum absolute atomic E-state index is 12.2. The number of nitrogens with zero attached hydrogens (tertiary/aromatic N) is 1. The largest absolute Gasteiger partial charge is 0.496 e. The summed E-state index contributed by atoms with van der Waals surface area (Å²) in [5, 5.41) is 3.27. The predicted molar refractivity (Wildman–Crippen MR) is 80.8 cm³/mol. The topological polar surface area (TPSA) is 41.6 Å². The van der Waals surface area contributed by atoms with Gasteiger partial charge in [-0.25, -0.2) is 0 Å². The Morgan fingerprint density at radius 3 is 2.95 bits per heavy atom.